The molecule has 0 aromatic rings. The monoisotopic (exact) mass is 1090 g/mol. The van der Waals surface area contributed by atoms with Gasteiger partial charge in [0.25, 0.3) is 0 Å². The first kappa shape index (κ1) is 69.1. The van der Waals surface area contributed by atoms with E-state index in [1.54, 1.807) is 34.6 Å². The van der Waals surface area contributed by atoms with Gasteiger partial charge in [0.05, 0.1) is 6.10 Å². The second kappa shape index (κ2) is 33.4. The molecule has 1 aliphatic heterocycles. The number of aliphatic hydroxyl groups is 1. The molecule has 23 nitrogen and oxygen atoms in total. The predicted octanol–water partition coefficient (Wildman–Crippen LogP) is 0.711. The summed E-state index contributed by atoms with van der Waals surface area (Å²) in [6.45, 7) is 23.9. The molecule has 12 atom stereocenters. The predicted molar refractivity (Wildman–Crippen MR) is 292 cm³/mol. The standard InChI is InChI=1S/C54H97N11O12/c1-18-32(10)42-54(77)63(15)44(31(8)9)50(73)58-35(13)47(70)55-24-21-39(67)60-38(28-30(6)7)53(76)65(17)46(34(12)20-3)51(74)62-43(36(14)66)48(71)56-25-22-40(68)59-37(27-29(4)5)52(75)64(16)45(33(11)19-2)49(72)57-26-23-41(69)61-42/h29-38,42-46,66H,18-28H2,1-17H3,(H,55,70)(H,56,71)(H,57,72)(H,58,73)(H,59,68)(H,60,67)(H,61,69)(H,62,74)/t32-,33+,34+,35+,36-,37-,38-,42-,43+,44+,45+,46-/m1/s1. The first-order valence-electron chi connectivity index (χ1n) is 27.7. The van der Waals surface area contributed by atoms with E-state index in [1.807, 2.05) is 48.5 Å². The first-order valence-corrected chi connectivity index (χ1v) is 27.7. The van der Waals surface area contributed by atoms with E-state index in [0.717, 1.165) is 0 Å². The van der Waals surface area contributed by atoms with Crippen LogP contribution in [0.2, 0.25) is 0 Å². The van der Waals surface area contributed by atoms with Gasteiger partial charge in [-0.25, -0.2) is 0 Å². The zero-order valence-electron chi connectivity index (χ0n) is 49.2. The molecule has 1 aliphatic rings. The molecule has 1 saturated heterocycles. The van der Waals surface area contributed by atoms with Gasteiger partial charge in [-0.2, -0.15) is 0 Å². The van der Waals surface area contributed by atoms with Crippen LogP contribution in [0.5, 0.6) is 0 Å². The van der Waals surface area contributed by atoms with Crippen molar-refractivity contribution in [1.29, 1.82) is 0 Å². The van der Waals surface area contributed by atoms with Crippen molar-refractivity contribution < 1.29 is 57.8 Å². The lowest BCUT2D eigenvalue weighted by Gasteiger charge is -2.35. The fourth-order valence-electron chi connectivity index (χ4n) is 9.25. The summed E-state index contributed by atoms with van der Waals surface area (Å²) in [6, 6.07) is -9.12. The quantitative estimate of drug-likeness (QED) is 0.131. The molecule has 0 radical (unpaired) electrons. The normalized spacial score (nSPS) is 26.9. The lowest BCUT2D eigenvalue weighted by molar-refractivity contribution is -0.145. The van der Waals surface area contributed by atoms with Gasteiger partial charge < -0.3 is 62.3 Å². The summed E-state index contributed by atoms with van der Waals surface area (Å²) in [5, 5.41) is 32.3. The van der Waals surface area contributed by atoms with Crippen molar-refractivity contribution in [3.8, 4) is 0 Å². The number of carbonyl (C=O) groups excluding carboxylic acids is 11. The van der Waals surface area contributed by atoms with Crippen LogP contribution in [0.1, 0.15) is 148 Å². The molecule has 440 valence electrons. The van der Waals surface area contributed by atoms with Crippen molar-refractivity contribution in [2.45, 2.75) is 203 Å². The van der Waals surface area contributed by atoms with Gasteiger partial charge in [0.1, 0.15) is 48.3 Å². The lowest BCUT2D eigenvalue weighted by atomic mass is 9.94. The Morgan fingerprint density at radius 2 is 0.805 bits per heavy atom. The summed E-state index contributed by atoms with van der Waals surface area (Å²) in [6.07, 6.45) is -0.438. The first-order chi connectivity index (χ1) is 35.9. The van der Waals surface area contributed by atoms with Crippen LogP contribution in [-0.4, -0.2) is 180 Å². The molecule has 1 fully saturated rings. The average Bonchev–Trinajstić information content (AvgIpc) is 3.34. The Morgan fingerprint density at radius 1 is 0.442 bits per heavy atom. The molecule has 77 heavy (non-hydrogen) atoms. The minimum atomic E-state index is -1.51. The molecular formula is C54H97N11O12. The molecule has 0 unspecified atom stereocenters. The Kier molecular flexibility index (Phi) is 30.0. The molecule has 0 aliphatic carbocycles. The largest absolute Gasteiger partial charge is 0.391 e. The van der Waals surface area contributed by atoms with E-state index in [0.29, 0.717) is 19.3 Å². The molecule has 9 N–H and O–H groups in total. The van der Waals surface area contributed by atoms with E-state index < -0.39 is 131 Å². The SMILES string of the molecule is CC[C@@H](C)[C@H]1NC(=O)CCNC(=O)[C@H]([C@@H](C)CC)N(C)C(=O)[C@@H](CC(C)C)NC(=O)CCNC(=O)[C@H]([C@@H](C)O)NC(=O)[C@@H]([C@@H](C)CC)N(C)C(=O)[C@@H](CC(C)C)NC(=O)CCNC(=O)[C@H](C)NC(=O)[C@H](C(C)C)N(C)C1=O. The van der Waals surface area contributed by atoms with Crippen LogP contribution in [0.4, 0.5) is 0 Å². The third-order valence-corrected chi connectivity index (χ3v) is 14.3. The molecule has 0 aromatic heterocycles. The Balaban J connectivity index is 3.76. The van der Waals surface area contributed by atoms with E-state index >= 15 is 0 Å². The van der Waals surface area contributed by atoms with Gasteiger partial charge in [0, 0.05) is 60.0 Å². The van der Waals surface area contributed by atoms with Crippen molar-refractivity contribution in [2.24, 2.45) is 35.5 Å². The number of rotatable bonds is 12. The maximum absolute atomic E-state index is 14.2. The lowest BCUT2D eigenvalue weighted by Crippen LogP contribution is -2.61. The Morgan fingerprint density at radius 3 is 1.19 bits per heavy atom. The topological polar surface area (TPSA) is 314 Å². The zero-order valence-corrected chi connectivity index (χ0v) is 49.2. The second-order valence-electron chi connectivity index (χ2n) is 22.2. The van der Waals surface area contributed by atoms with Crippen LogP contribution in [0.15, 0.2) is 0 Å². The summed E-state index contributed by atoms with van der Waals surface area (Å²) in [5.74, 6) is -8.66. The Labute approximate surface area is 457 Å². The maximum Gasteiger partial charge on any atom is 0.245 e. The Hall–Kier alpha value is -5.87. The highest BCUT2D eigenvalue weighted by Gasteiger charge is 2.40. The van der Waals surface area contributed by atoms with E-state index in [4.69, 9.17) is 0 Å². The summed E-state index contributed by atoms with van der Waals surface area (Å²) >= 11 is 0. The van der Waals surface area contributed by atoms with Gasteiger partial charge in [0.2, 0.25) is 65.0 Å². The van der Waals surface area contributed by atoms with Crippen LogP contribution in [0.25, 0.3) is 0 Å². The zero-order chi connectivity index (χ0) is 59.2. The van der Waals surface area contributed by atoms with Crippen LogP contribution in [0, 0.1) is 35.5 Å². The van der Waals surface area contributed by atoms with Crippen LogP contribution in [-0.2, 0) is 52.7 Å². The average molecular weight is 1090 g/mol. The number of nitrogens with one attached hydrogen (secondary N) is 8. The molecule has 1 rings (SSSR count). The third kappa shape index (κ3) is 21.8. The van der Waals surface area contributed by atoms with Gasteiger partial charge in [-0.15, -0.1) is 0 Å². The fraction of sp³-hybridized carbons (Fsp3) is 0.796. The van der Waals surface area contributed by atoms with E-state index in [1.165, 1.54) is 49.7 Å². The van der Waals surface area contributed by atoms with Gasteiger partial charge >= 0.3 is 0 Å². The van der Waals surface area contributed by atoms with Gasteiger partial charge in [-0.05, 0) is 62.2 Å². The Bertz CT molecular complexity index is 2020. The van der Waals surface area contributed by atoms with Crippen LogP contribution >= 0.6 is 0 Å². The molecule has 0 bridgehead atoms. The minimum absolute atomic E-state index is 0.0816. The maximum atomic E-state index is 14.2. The highest BCUT2D eigenvalue weighted by molar-refractivity contribution is 5.97. The van der Waals surface area contributed by atoms with Crippen molar-refractivity contribution in [2.75, 3.05) is 40.8 Å². The van der Waals surface area contributed by atoms with E-state index in [9.17, 15) is 57.8 Å². The van der Waals surface area contributed by atoms with E-state index in [-0.39, 0.29) is 75.4 Å². The number of nitrogens with zero attached hydrogens (tertiary/aromatic N) is 3. The number of likely N-dealkylation sites (N-methyl/N-ethyl adjacent to an activating group) is 3. The molecule has 0 spiro atoms. The van der Waals surface area contributed by atoms with Crippen molar-refractivity contribution in [3.05, 3.63) is 0 Å². The molecular weight excluding hydrogens is 995 g/mol. The number of carbonyl (C=O) groups is 11. The number of amides is 11. The summed E-state index contributed by atoms with van der Waals surface area (Å²) < 4.78 is 0. The molecule has 23 heteroatoms. The van der Waals surface area contributed by atoms with Crippen LogP contribution in [0.3, 0.4) is 0 Å². The molecule has 11 amide bonds. The number of hydrogen-bond donors (Lipinski definition) is 9. The fourth-order valence-corrected chi connectivity index (χ4v) is 9.25. The third-order valence-electron chi connectivity index (χ3n) is 14.3. The molecule has 1 heterocycles. The second-order valence-corrected chi connectivity index (χ2v) is 22.2. The highest BCUT2D eigenvalue weighted by atomic mass is 16.3. The van der Waals surface area contributed by atoms with Gasteiger partial charge in [0.15, 0.2) is 0 Å². The number of aliphatic hydroxyl groups excluding tert-OH is 1. The smallest absolute Gasteiger partial charge is 0.245 e. The summed E-state index contributed by atoms with van der Waals surface area (Å²) in [4.78, 5) is 156. The summed E-state index contributed by atoms with van der Waals surface area (Å²) in [5.41, 5.74) is 0. The van der Waals surface area contributed by atoms with Crippen molar-refractivity contribution >= 4 is 65.0 Å². The van der Waals surface area contributed by atoms with Crippen molar-refractivity contribution in [3.63, 3.8) is 0 Å². The minimum Gasteiger partial charge on any atom is -0.391 e. The number of hydrogen-bond acceptors (Lipinski definition) is 12. The molecule has 0 saturated carbocycles. The highest BCUT2D eigenvalue weighted by Crippen LogP contribution is 2.21. The summed E-state index contributed by atoms with van der Waals surface area (Å²) in [7, 11) is 4.32. The van der Waals surface area contributed by atoms with Gasteiger partial charge in [-0.1, -0.05) is 102 Å². The van der Waals surface area contributed by atoms with Crippen LogP contribution < -0.4 is 42.5 Å². The van der Waals surface area contributed by atoms with Crippen molar-refractivity contribution in [1.82, 2.24) is 57.2 Å². The van der Waals surface area contributed by atoms with E-state index in [2.05, 4.69) is 42.5 Å². The molecule has 0 aromatic carbocycles. The van der Waals surface area contributed by atoms with Gasteiger partial charge in [-0.3, -0.25) is 52.7 Å².